The van der Waals surface area contributed by atoms with Crippen LogP contribution in [0.15, 0.2) is 30.3 Å². The Kier molecular flexibility index (Phi) is 3.29. The van der Waals surface area contributed by atoms with Gasteiger partial charge in [0, 0.05) is 25.2 Å². The third-order valence-electron chi connectivity index (χ3n) is 4.37. The highest BCUT2D eigenvalue weighted by Crippen LogP contribution is 2.38. The van der Waals surface area contributed by atoms with Crippen LogP contribution in [0.5, 0.6) is 0 Å². The van der Waals surface area contributed by atoms with Crippen LogP contribution in [0, 0.1) is 0 Å². The van der Waals surface area contributed by atoms with E-state index in [1.165, 1.54) is 24.9 Å². The quantitative estimate of drug-likeness (QED) is 0.871. The number of amides is 1. The van der Waals surface area contributed by atoms with E-state index in [4.69, 9.17) is 5.73 Å². The second-order valence-electron chi connectivity index (χ2n) is 5.85. The first-order valence-corrected chi connectivity index (χ1v) is 6.98. The summed E-state index contributed by atoms with van der Waals surface area (Å²) in [6, 6.07) is 10.6. The number of nitrogens with two attached hydrogens (primary N) is 1. The highest BCUT2D eigenvalue weighted by molar-refractivity contribution is 5.76. The van der Waals surface area contributed by atoms with Gasteiger partial charge < -0.3 is 5.73 Å². The minimum Gasteiger partial charge on any atom is -0.369 e. The highest BCUT2D eigenvalue weighted by Gasteiger charge is 2.49. The number of carbonyl (C=O) groups is 1. The Balaban J connectivity index is 1.62. The van der Waals surface area contributed by atoms with Crippen molar-refractivity contribution in [1.29, 1.82) is 0 Å². The average molecular weight is 259 g/mol. The summed E-state index contributed by atoms with van der Waals surface area (Å²) in [7, 11) is 0. The van der Waals surface area contributed by atoms with Gasteiger partial charge in [-0.2, -0.15) is 0 Å². The summed E-state index contributed by atoms with van der Waals surface area (Å²) in [5.41, 5.74) is 6.92. The fraction of sp³-hybridized carbons (Fsp3) is 0.533. The minimum absolute atomic E-state index is 0.220. The van der Waals surface area contributed by atoms with Gasteiger partial charge in [-0.1, -0.05) is 30.3 Å². The predicted octanol–water partition coefficient (Wildman–Crippen LogP) is 0.822. The van der Waals surface area contributed by atoms with Crippen LogP contribution in [0.25, 0.3) is 0 Å². The van der Waals surface area contributed by atoms with Crippen LogP contribution in [-0.2, 0) is 11.3 Å². The molecule has 19 heavy (non-hydrogen) atoms. The molecule has 4 heteroatoms. The summed E-state index contributed by atoms with van der Waals surface area (Å²) >= 11 is 0. The maximum Gasteiger partial charge on any atom is 0.231 e. The van der Waals surface area contributed by atoms with Gasteiger partial charge in [0.25, 0.3) is 0 Å². The summed E-state index contributed by atoms with van der Waals surface area (Å²) in [4.78, 5) is 15.7. The number of benzene rings is 1. The minimum atomic E-state index is -0.220. The molecular weight excluding hydrogens is 238 g/mol. The molecule has 1 amide bonds. The van der Waals surface area contributed by atoms with E-state index in [1.54, 1.807) is 0 Å². The van der Waals surface area contributed by atoms with Crippen LogP contribution in [0.1, 0.15) is 18.4 Å². The zero-order chi connectivity index (χ0) is 13.3. The molecule has 0 radical (unpaired) electrons. The topological polar surface area (TPSA) is 49.6 Å². The van der Waals surface area contributed by atoms with Gasteiger partial charge >= 0.3 is 0 Å². The lowest BCUT2D eigenvalue weighted by Crippen LogP contribution is -2.68. The zero-order valence-electron chi connectivity index (χ0n) is 11.2. The molecule has 1 spiro atoms. The molecule has 0 bridgehead atoms. The van der Waals surface area contributed by atoms with Crippen molar-refractivity contribution in [2.45, 2.75) is 24.9 Å². The van der Waals surface area contributed by atoms with Crippen molar-refractivity contribution in [2.75, 3.05) is 26.2 Å². The maximum absolute atomic E-state index is 10.9. The second kappa shape index (κ2) is 4.94. The number of likely N-dealkylation sites (tertiary alicyclic amines) is 2. The second-order valence-corrected chi connectivity index (χ2v) is 5.85. The van der Waals surface area contributed by atoms with E-state index in [1.807, 2.05) is 0 Å². The van der Waals surface area contributed by atoms with E-state index < -0.39 is 0 Å². The van der Waals surface area contributed by atoms with E-state index in [2.05, 4.69) is 40.1 Å². The van der Waals surface area contributed by atoms with Crippen LogP contribution >= 0.6 is 0 Å². The molecule has 2 aliphatic heterocycles. The normalized spacial score (nSPS) is 22.5. The number of rotatable bonds is 4. The van der Waals surface area contributed by atoms with Gasteiger partial charge in [-0.3, -0.25) is 14.6 Å². The predicted molar refractivity (Wildman–Crippen MR) is 74.5 cm³/mol. The third kappa shape index (κ3) is 2.51. The smallest absolute Gasteiger partial charge is 0.231 e. The Labute approximate surface area is 114 Å². The van der Waals surface area contributed by atoms with E-state index >= 15 is 0 Å². The number of nitrogens with zero attached hydrogens (tertiary/aromatic N) is 2. The van der Waals surface area contributed by atoms with Gasteiger partial charge in [0.1, 0.15) is 0 Å². The fourth-order valence-electron chi connectivity index (χ4n) is 3.52. The van der Waals surface area contributed by atoms with E-state index in [0.717, 1.165) is 19.6 Å². The molecule has 1 aromatic carbocycles. The highest BCUT2D eigenvalue weighted by atomic mass is 16.1. The molecule has 0 aromatic heterocycles. The van der Waals surface area contributed by atoms with Gasteiger partial charge in [-0.15, -0.1) is 0 Å². The summed E-state index contributed by atoms with van der Waals surface area (Å²) in [6.45, 7) is 4.57. The van der Waals surface area contributed by atoms with Crippen LogP contribution < -0.4 is 5.73 Å². The first kappa shape index (κ1) is 12.6. The lowest BCUT2D eigenvalue weighted by molar-refractivity contribution is -0.123. The number of primary amides is 1. The molecule has 2 saturated heterocycles. The third-order valence-corrected chi connectivity index (χ3v) is 4.37. The van der Waals surface area contributed by atoms with Crippen molar-refractivity contribution < 1.29 is 4.79 Å². The van der Waals surface area contributed by atoms with Crippen molar-refractivity contribution in [3.63, 3.8) is 0 Å². The number of hydrogen-bond donors (Lipinski definition) is 1. The Morgan fingerprint density at radius 1 is 1.26 bits per heavy atom. The average Bonchev–Trinajstić information content (AvgIpc) is 2.73. The molecule has 0 unspecified atom stereocenters. The van der Waals surface area contributed by atoms with Crippen molar-refractivity contribution >= 4 is 5.91 Å². The lowest BCUT2D eigenvalue weighted by Gasteiger charge is -2.52. The molecule has 0 atom stereocenters. The van der Waals surface area contributed by atoms with Crippen molar-refractivity contribution in [1.82, 2.24) is 9.80 Å². The Hall–Kier alpha value is -1.39. The van der Waals surface area contributed by atoms with Crippen molar-refractivity contribution in [3.8, 4) is 0 Å². The van der Waals surface area contributed by atoms with Crippen molar-refractivity contribution in [2.24, 2.45) is 5.73 Å². The van der Waals surface area contributed by atoms with Gasteiger partial charge in [-0.05, 0) is 24.9 Å². The summed E-state index contributed by atoms with van der Waals surface area (Å²) in [5.74, 6) is -0.220. The van der Waals surface area contributed by atoms with E-state index in [-0.39, 0.29) is 5.91 Å². The lowest BCUT2D eigenvalue weighted by atomic mass is 9.86. The summed E-state index contributed by atoms with van der Waals surface area (Å²) < 4.78 is 0. The molecule has 2 aliphatic rings. The summed E-state index contributed by atoms with van der Waals surface area (Å²) in [5, 5.41) is 0. The van der Waals surface area contributed by atoms with E-state index in [9.17, 15) is 4.79 Å². The van der Waals surface area contributed by atoms with Gasteiger partial charge in [0.2, 0.25) is 5.91 Å². The molecule has 0 saturated carbocycles. The fourth-order valence-corrected chi connectivity index (χ4v) is 3.52. The molecule has 2 N–H and O–H groups in total. The van der Waals surface area contributed by atoms with Gasteiger partial charge in [0.05, 0.1) is 6.54 Å². The SMILES string of the molecule is NC(=O)CN1CC2(CCCN2Cc2ccccc2)C1. The van der Waals surface area contributed by atoms with Crippen LogP contribution in [-0.4, -0.2) is 47.4 Å². The summed E-state index contributed by atoms with van der Waals surface area (Å²) in [6.07, 6.45) is 2.51. The van der Waals surface area contributed by atoms with Gasteiger partial charge in [-0.25, -0.2) is 0 Å². The maximum atomic E-state index is 10.9. The molecule has 4 nitrogen and oxygen atoms in total. The van der Waals surface area contributed by atoms with Gasteiger partial charge in [0.15, 0.2) is 0 Å². The van der Waals surface area contributed by atoms with E-state index in [0.29, 0.717) is 12.1 Å². The van der Waals surface area contributed by atoms with Crippen LogP contribution in [0.2, 0.25) is 0 Å². The zero-order valence-corrected chi connectivity index (χ0v) is 11.2. The van der Waals surface area contributed by atoms with Crippen LogP contribution in [0.4, 0.5) is 0 Å². The Morgan fingerprint density at radius 3 is 2.68 bits per heavy atom. The standard InChI is InChI=1S/C15H21N3O/c16-14(19)10-17-11-15(12-17)7-4-8-18(15)9-13-5-2-1-3-6-13/h1-3,5-6H,4,7-12H2,(H2,16,19). The molecule has 3 rings (SSSR count). The first-order chi connectivity index (χ1) is 9.18. The molecule has 0 aliphatic carbocycles. The Morgan fingerprint density at radius 2 is 2.00 bits per heavy atom. The molecular formula is C15H21N3O. The largest absolute Gasteiger partial charge is 0.369 e. The van der Waals surface area contributed by atoms with Crippen LogP contribution in [0.3, 0.4) is 0 Å². The molecule has 2 fully saturated rings. The van der Waals surface area contributed by atoms with Crippen molar-refractivity contribution in [3.05, 3.63) is 35.9 Å². The molecule has 1 aromatic rings. The molecule has 2 heterocycles. The number of carbonyl (C=O) groups excluding carboxylic acids is 1. The number of hydrogen-bond acceptors (Lipinski definition) is 3. The monoisotopic (exact) mass is 259 g/mol. The first-order valence-electron chi connectivity index (χ1n) is 6.98. The molecule has 102 valence electrons. The Bertz CT molecular complexity index is 454.